The van der Waals surface area contributed by atoms with Crippen molar-refractivity contribution in [1.29, 1.82) is 0 Å². The molecule has 1 aromatic carbocycles. The minimum absolute atomic E-state index is 0.295. The third-order valence-electron chi connectivity index (χ3n) is 3.73. The zero-order valence-corrected chi connectivity index (χ0v) is 15.5. The van der Waals surface area contributed by atoms with Crippen molar-refractivity contribution in [2.45, 2.75) is 38.8 Å². The number of methoxy groups -OCH3 is 1. The first-order chi connectivity index (χ1) is 12.5. The van der Waals surface area contributed by atoms with E-state index in [0.29, 0.717) is 30.1 Å². The number of nitrogens with one attached hydrogen (secondary N) is 1. The number of unbranched alkanes of at least 4 members (excludes halogenated alkanes) is 1. The Labute approximate surface area is 156 Å². The molecular formula is C18H22N2O5S. The van der Waals surface area contributed by atoms with Crippen LogP contribution in [0.3, 0.4) is 0 Å². The molecule has 1 amide bonds. The molecule has 2 N–H and O–H groups in total. The van der Waals surface area contributed by atoms with E-state index < -0.39 is 17.9 Å². The normalized spacial score (nSPS) is 11.6. The van der Waals surface area contributed by atoms with Crippen molar-refractivity contribution in [3.05, 3.63) is 40.3 Å². The maximum absolute atomic E-state index is 12.4. The fourth-order valence-corrected chi connectivity index (χ4v) is 2.84. The summed E-state index contributed by atoms with van der Waals surface area (Å²) in [6.45, 7) is 2.26. The molecule has 1 unspecified atom stereocenters. The van der Waals surface area contributed by atoms with Crippen molar-refractivity contribution in [3.63, 3.8) is 0 Å². The Kier molecular flexibility index (Phi) is 7.40. The molecule has 26 heavy (non-hydrogen) atoms. The average Bonchev–Trinajstić information content (AvgIpc) is 3.16. The first-order valence-electron chi connectivity index (χ1n) is 8.26. The molecule has 0 radical (unpaired) electrons. The topological polar surface area (TPSA) is 97.8 Å². The number of amides is 1. The second-order valence-corrected chi connectivity index (χ2v) is 6.36. The standard InChI is InChI=1S/C18H22N2O5S/c1-3-4-5-14(18(22)23)20-17(21)12-6-7-15(16(8-12)24-2)25-9-13-10-26-11-19-13/h6-8,10-11,14H,3-5,9H2,1-2H3,(H,20,21)(H,22,23). The van der Waals surface area contributed by atoms with Crippen molar-refractivity contribution in [2.24, 2.45) is 0 Å². The SMILES string of the molecule is CCCCC(NC(=O)c1ccc(OCc2cscn2)c(OC)c1)C(=O)O. The second kappa shape index (κ2) is 9.76. The van der Waals surface area contributed by atoms with Gasteiger partial charge in [0.05, 0.1) is 18.3 Å². The number of aromatic nitrogens is 1. The number of hydrogen-bond acceptors (Lipinski definition) is 6. The molecule has 0 saturated heterocycles. The number of rotatable bonds is 10. The third-order valence-corrected chi connectivity index (χ3v) is 4.37. The lowest BCUT2D eigenvalue weighted by Crippen LogP contribution is -2.40. The van der Waals surface area contributed by atoms with Crippen LogP contribution in [-0.4, -0.2) is 35.1 Å². The highest BCUT2D eigenvalue weighted by molar-refractivity contribution is 7.07. The summed E-state index contributed by atoms with van der Waals surface area (Å²) in [5.74, 6) is -0.619. The maximum atomic E-state index is 12.4. The predicted octanol–water partition coefficient (Wildman–Crippen LogP) is 3.10. The Bertz CT molecular complexity index is 733. The number of carbonyl (C=O) groups is 2. The van der Waals surface area contributed by atoms with Gasteiger partial charge in [0.15, 0.2) is 11.5 Å². The molecule has 0 saturated carbocycles. The molecule has 0 aliphatic carbocycles. The minimum Gasteiger partial charge on any atom is -0.493 e. The maximum Gasteiger partial charge on any atom is 0.326 e. The molecule has 0 aliphatic heterocycles. The van der Waals surface area contributed by atoms with Gasteiger partial charge in [0.1, 0.15) is 12.6 Å². The van der Waals surface area contributed by atoms with Crippen LogP contribution in [0.15, 0.2) is 29.1 Å². The number of ether oxygens (including phenoxy) is 2. The van der Waals surface area contributed by atoms with Gasteiger partial charge in [-0.05, 0) is 24.6 Å². The van der Waals surface area contributed by atoms with Crippen LogP contribution in [0, 0.1) is 0 Å². The van der Waals surface area contributed by atoms with Crippen LogP contribution in [0.25, 0.3) is 0 Å². The molecule has 2 aromatic rings. The van der Waals surface area contributed by atoms with Crippen LogP contribution in [-0.2, 0) is 11.4 Å². The number of carbonyl (C=O) groups excluding carboxylic acids is 1. The van der Waals surface area contributed by atoms with Crippen LogP contribution < -0.4 is 14.8 Å². The van der Waals surface area contributed by atoms with E-state index in [1.54, 1.807) is 17.6 Å². The van der Waals surface area contributed by atoms with Crippen LogP contribution in [0.5, 0.6) is 11.5 Å². The van der Waals surface area contributed by atoms with Gasteiger partial charge in [-0.1, -0.05) is 19.8 Å². The number of aliphatic carboxylic acids is 1. The number of carboxylic acid groups (broad SMARTS) is 1. The number of carboxylic acids is 1. The molecule has 0 bridgehead atoms. The van der Waals surface area contributed by atoms with Crippen LogP contribution >= 0.6 is 11.3 Å². The highest BCUT2D eigenvalue weighted by atomic mass is 32.1. The van der Waals surface area contributed by atoms with Crippen molar-refractivity contribution >= 4 is 23.2 Å². The Hall–Kier alpha value is -2.61. The summed E-state index contributed by atoms with van der Waals surface area (Å²) in [5, 5.41) is 13.7. The fraction of sp³-hybridized carbons (Fsp3) is 0.389. The third kappa shape index (κ3) is 5.45. The van der Waals surface area contributed by atoms with Crippen molar-refractivity contribution in [3.8, 4) is 11.5 Å². The average molecular weight is 378 g/mol. The number of benzene rings is 1. The van der Waals surface area contributed by atoms with E-state index in [4.69, 9.17) is 9.47 Å². The highest BCUT2D eigenvalue weighted by Crippen LogP contribution is 2.29. The van der Waals surface area contributed by atoms with Gasteiger partial charge < -0.3 is 19.9 Å². The smallest absolute Gasteiger partial charge is 0.326 e. The first kappa shape index (κ1) is 19.7. The molecule has 1 atom stereocenters. The highest BCUT2D eigenvalue weighted by Gasteiger charge is 2.21. The van der Waals surface area contributed by atoms with Gasteiger partial charge in [0.25, 0.3) is 5.91 Å². The summed E-state index contributed by atoms with van der Waals surface area (Å²) >= 11 is 1.48. The molecule has 1 aromatic heterocycles. The monoisotopic (exact) mass is 378 g/mol. The molecule has 0 aliphatic rings. The second-order valence-electron chi connectivity index (χ2n) is 5.64. The van der Waals surface area contributed by atoms with Gasteiger partial charge in [-0.2, -0.15) is 0 Å². The van der Waals surface area contributed by atoms with Gasteiger partial charge in [-0.3, -0.25) is 4.79 Å². The van der Waals surface area contributed by atoms with Crippen LogP contribution in [0.2, 0.25) is 0 Å². The lowest BCUT2D eigenvalue weighted by molar-refractivity contribution is -0.139. The van der Waals surface area contributed by atoms with E-state index in [0.717, 1.165) is 18.5 Å². The molecular weight excluding hydrogens is 356 g/mol. The van der Waals surface area contributed by atoms with Crippen LogP contribution in [0.4, 0.5) is 0 Å². The van der Waals surface area contributed by atoms with Gasteiger partial charge in [0, 0.05) is 10.9 Å². The van der Waals surface area contributed by atoms with Gasteiger partial charge in [-0.15, -0.1) is 11.3 Å². The molecule has 140 valence electrons. The molecule has 1 heterocycles. The summed E-state index contributed by atoms with van der Waals surface area (Å²) < 4.78 is 11.0. The largest absolute Gasteiger partial charge is 0.493 e. The lowest BCUT2D eigenvalue weighted by atomic mass is 10.1. The molecule has 2 rings (SSSR count). The zero-order valence-electron chi connectivity index (χ0n) is 14.7. The van der Waals surface area contributed by atoms with E-state index >= 15 is 0 Å². The molecule has 0 spiro atoms. The number of hydrogen-bond donors (Lipinski definition) is 2. The Balaban J connectivity index is 2.06. The molecule has 8 heteroatoms. The van der Waals surface area contributed by atoms with E-state index in [2.05, 4.69) is 10.3 Å². The summed E-state index contributed by atoms with van der Waals surface area (Å²) in [5.41, 5.74) is 2.84. The Morgan fingerprint density at radius 2 is 2.15 bits per heavy atom. The lowest BCUT2D eigenvalue weighted by Gasteiger charge is -2.15. The van der Waals surface area contributed by atoms with E-state index in [1.165, 1.54) is 24.5 Å². The Morgan fingerprint density at radius 1 is 1.35 bits per heavy atom. The quantitative estimate of drug-likeness (QED) is 0.659. The minimum atomic E-state index is -1.04. The zero-order chi connectivity index (χ0) is 18.9. The first-order valence-corrected chi connectivity index (χ1v) is 9.21. The summed E-state index contributed by atoms with van der Waals surface area (Å²) in [7, 11) is 1.48. The van der Waals surface area contributed by atoms with Gasteiger partial charge in [0.2, 0.25) is 0 Å². The summed E-state index contributed by atoms with van der Waals surface area (Å²) in [6, 6.07) is 3.83. The van der Waals surface area contributed by atoms with E-state index in [9.17, 15) is 14.7 Å². The molecule has 0 fully saturated rings. The van der Waals surface area contributed by atoms with Crippen molar-refractivity contribution < 1.29 is 24.2 Å². The summed E-state index contributed by atoms with van der Waals surface area (Å²) in [4.78, 5) is 27.8. The fourth-order valence-electron chi connectivity index (χ4n) is 2.30. The predicted molar refractivity (Wildman–Crippen MR) is 97.9 cm³/mol. The number of nitrogens with zero attached hydrogens (tertiary/aromatic N) is 1. The van der Waals surface area contributed by atoms with Crippen molar-refractivity contribution in [2.75, 3.05) is 7.11 Å². The van der Waals surface area contributed by atoms with Crippen LogP contribution in [0.1, 0.15) is 42.2 Å². The van der Waals surface area contributed by atoms with E-state index in [1.807, 2.05) is 12.3 Å². The van der Waals surface area contributed by atoms with E-state index in [-0.39, 0.29) is 0 Å². The summed E-state index contributed by atoms with van der Waals surface area (Å²) in [6.07, 6.45) is 1.98. The van der Waals surface area contributed by atoms with Gasteiger partial charge >= 0.3 is 5.97 Å². The van der Waals surface area contributed by atoms with Crippen molar-refractivity contribution in [1.82, 2.24) is 10.3 Å². The van der Waals surface area contributed by atoms with Gasteiger partial charge in [-0.25, -0.2) is 9.78 Å². The molecule has 7 nitrogen and oxygen atoms in total. The Morgan fingerprint density at radius 3 is 2.77 bits per heavy atom. The number of thiazole rings is 1.